The molecule has 1 N–H and O–H groups in total. The van der Waals surface area contributed by atoms with Crippen molar-refractivity contribution >= 4 is 16.7 Å². The van der Waals surface area contributed by atoms with Crippen LogP contribution in [0.3, 0.4) is 0 Å². The van der Waals surface area contributed by atoms with Crippen LogP contribution in [0.1, 0.15) is 27.5 Å². The number of amides is 1. The molecule has 0 unspecified atom stereocenters. The first kappa shape index (κ1) is 4.26. The fourth-order valence-corrected chi connectivity index (χ4v) is 1.31. The van der Waals surface area contributed by atoms with Gasteiger partial charge >= 0.3 is 0 Å². The van der Waals surface area contributed by atoms with E-state index in [-0.39, 0.29) is 5.31 Å². The molecular formula is C15H17NO2. The third-order valence-corrected chi connectivity index (χ3v) is 2.10. The molecule has 0 radical (unpaired) electrons. The van der Waals surface area contributed by atoms with E-state index in [1.165, 1.54) is 0 Å². The Morgan fingerprint density at radius 3 is 3.22 bits per heavy atom. The fourth-order valence-electron chi connectivity index (χ4n) is 1.31. The summed E-state index contributed by atoms with van der Waals surface area (Å²) in [4.78, 5) is 11.8. The summed E-state index contributed by atoms with van der Waals surface area (Å²) in [6.45, 7) is -4.35. The molecule has 0 aliphatic carbocycles. The van der Waals surface area contributed by atoms with E-state index >= 15 is 0 Å². The van der Waals surface area contributed by atoms with Crippen molar-refractivity contribution in [2.75, 3.05) is 13.7 Å². The maximum Gasteiger partial charge on any atom is 0.216 e. The van der Waals surface area contributed by atoms with E-state index in [1.54, 1.807) is 0 Å². The summed E-state index contributed by atoms with van der Waals surface area (Å²) in [7, 11) is 1.12. The topological polar surface area (TPSA) is 38.3 Å². The van der Waals surface area contributed by atoms with Gasteiger partial charge in [0.05, 0.1) is 15.3 Å². The van der Waals surface area contributed by atoms with E-state index in [0.29, 0.717) is 0 Å². The molecule has 18 heavy (non-hydrogen) atoms. The van der Waals surface area contributed by atoms with Crippen LogP contribution in [0.5, 0.6) is 5.75 Å². The minimum atomic E-state index is -3.20. The third kappa shape index (κ3) is 2.80. The molecule has 2 rings (SSSR count). The van der Waals surface area contributed by atoms with Crippen LogP contribution in [0.25, 0.3) is 10.8 Å². The Hall–Kier alpha value is -2.03. The van der Waals surface area contributed by atoms with Gasteiger partial charge in [-0.2, -0.15) is 0 Å². The van der Waals surface area contributed by atoms with Crippen molar-refractivity contribution in [2.45, 2.75) is 13.2 Å². The van der Waals surface area contributed by atoms with Crippen molar-refractivity contribution in [1.82, 2.24) is 5.31 Å². The molecule has 1 amide bonds. The van der Waals surface area contributed by atoms with Gasteiger partial charge < -0.3 is 10.0 Å². The standard InChI is InChI=1S/C15H17NO2/c1-11(17)16-9-8-13-5-3-4-12-6-7-14(18-2)10-15(12)13/h3-7,10H,8-9H2,1-2H3,(H,16,17)/i1D3,3D,4D,5D,6D,7D,8D2,10D/hD. The Kier molecular flexibility index (Phi) is 1.31. The predicted molar refractivity (Wildman–Crippen MR) is 72.9 cm³/mol. The Labute approximate surface area is 124 Å². The number of hydrogen-bond acceptors (Lipinski definition) is 2. The van der Waals surface area contributed by atoms with Gasteiger partial charge in [0.15, 0.2) is 1.41 Å². The van der Waals surface area contributed by atoms with Crippen LogP contribution in [-0.4, -0.2) is 19.6 Å². The summed E-state index contributed by atoms with van der Waals surface area (Å²) < 4.78 is 98.9. The van der Waals surface area contributed by atoms with Gasteiger partial charge in [-0.1, -0.05) is 24.2 Å². The lowest BCUT2D eigenvalue weighted by Gasteiger charge is -2.08. The summed E-state index contributed by atoms with van der Waals surface area (Å²) in [5.74, 6) is -2.08. The first-order chi connectivity index (χ1) is 13.6. The highest BCUT2D eigenvalue weighted by atomic mass is 16.5. The number of fused-ring (bicyclic) bond motifs is 1. The zero-order valence-corrected chi connectivity index (χ0v) is 9.47. The van der Waals surface area contributed by atoms with E-state index in [1.807, 2.05) is 0 Å². The monoisotopic (exact) mass is 255 g/mol. The second kappa shape index (κ2) is 5.54. The molecule has 0 saturated carbocycles. The highest BCUT2D eigenvalue weighted by Gasteiger charge is 2.03. The van der Waals surface area contributed by atoms with Gasteiger partial charge in [-0.25, -0.2) is 0 Å². The minimum Gasteiger partial charge on any atom is -0.497 e. The molecule has 2 aromatic carbocycles. The zero-order valence-electron chi connectivity index (χ0n) is 21.5. The van der Waals surface area contributed by atoms with Crippen LogP contribution in [0.15, 0.2) is 36.3 Å². The van der Waals surface area contributed by atoms with Crippen LogP contribution < -0.4 is 10.0 Å². The number of benzene rings is 2. The highest BCUT2D eigenvalue weighted by molar-refractivity contribution is 5.87. The first-order valence-corrected chi connectivity index (χ1v) is 4.96. The second-order valence-corrected chi connectivity index (χ2v) is 3.21. The fraction of sp³-hybridized carbons (Fsp3) is 0.267. The number of ether oxygens (including phenoxy) is 1. The number of rotatable bonds is 4. The Morgan fingerprint density at radius 1 is 1.56 bits per heavy atom. The quantitative estimate of drug-likeness (QED) is 0.911. The van der Waals surface area contributed by atoms with Crippen molar-refractivity contribution in [3.63, 3.8) is 0 Å². The van der Waals surface area contributed by atoms with E-state index < -0.39 is 84.0 Å². The molecule has 94 valence electrons. The maximum atomic E-state index is 11.8. The molecule has 0 saturated heterocycles. The van der Waals surface area contributed by atoms with Crippen LogP contribution in [0.4, 0.5) is 0 Å². The number of nitrogens with one attached hydrogen (secondary N) is 1. The lowest BCUT2D eigenvalue weighted by molar-refractivity contribution is -0.118. The number of carbonyl (C=O) groups is 1. The lowest BCUT2D eigenvalue weighted by Crippen LogP contribution is -2.22. The van der Waals surface area contributed by atoms with Crippen molar-refractivity contribution in [3.8, 4) is 5.75 Å². The molecule has 3 heteroatoms. The Bertz CT molecular complexity index is 1030. The van der Waals surface area contributed by atoms with Crippen LogP contribution in [0, 0.1) is 0 Å². The minimum absolute atomic E-state index is 0.127. The van der Waals surface area contributed by atoms with E-state index in [2.05, 4.69) is 0 Å². The van der Waals surface area contributed by atoms with Gasteiger partial charge in [0, 0.05) is 20.3 Å². The highest BCUT2D eigenvalue weighted by Crippen LogP contribution is 2.24. The normalized spacial score (nSPS) is 21.4. The molecule has 0 fully saturated rings. The van der Waals surface area contributed by atoms with Gasteiger partial charge in [-0.15, -0.1) is 0 Å². The summed E-state index contributed by atoms with van der Waals surface area (Å²) in [6, 6.07) is -4.04. The molecule has 0 bridgehead atoms. The van der Waals surface area contributed by atoms with Crippen LogP contribution >= 0.6 is 0 Å². The van der Waals surface area contributed by atoms with Crippen molar-refractivity contribution in [1.29, 1.82) is 0 Å². The summed E-state index contributed by atoms with van der Waals surface area (Å²) >= 11 is 0. The molecule has 0 aromatic heterocycles. The first-order valence-electron chi connectivity index (χ1n) is 10.9. The predicted octanol–water partition coefficient (Wildman–Crippen LogP) is 2.53. The molecule has 0 heterocycles. The van der Waals surface area contributed by atoms with Gasteiger partial charge in [0.25, 0.3) is 0 Å². The molecule has 0 aliphatic heterocycles. The van der Waals surface area contributed by atoms with E-state index in [9.17, 15) is 4.79 Å². The lowest BCUT2D eigenvalue weighted by atomic mass is 10.0. The molecule has 3 nitrogen and oxygen atoms in total. The van der Waals surface area contributed by atoms with Crippen LogP contribution in [-0.2, 0) is 11.2 Å². The number of hydrogen-bond donors (Lipinski definition) is 1. The van der Waals surface area contributed by atoms with E-state index in [4.69, 9.17) is 21.2 Å². The average Bonchev–Trinajstić information content (AvgIpc) is 2.62. The van der Waals surface area contributed by atoms with Gasteiger partial charge in [-0.3, -0.25) is 4.79 Å². The Balaban J connectivity index is 2.90. The smallest absolute Gasteiger partial charge is 0.216 e. The summed E-state index contributed by atoms with van der Waals surface area (Å²) in [5.41, 5.74) is -0.675. The SMILES string of the molecule is [2H]c1c([2H])c(C([2H])([2H])CN([2H])C(=O)C([2H])([2H])[2H])c2c([2H])c(OC)c([2H])c([2H])c2c1[2H]. The number of methoxy groups -OCH3 is 1. The second-order valence-electron chi connectivity index (χ2n) is 3.21. The molecular weight excluding hydrogens is 226 g/mol. The third-order valence-electron chi connectivity index (χ3n) is 2.10. The molecule has 0 atom stereocenters. The van der Waals surface area contributed by atoms with Crippen LogP contribution in [0.2, 0.25) is 1.41 Å². The Morgan fingerprint density at radius 2 is 2.44 bits per heavy atom. The van der Waals surface area contributed by atoms with Gasteiger partial charge in [0.2, 0.25) is 5.91 Å². The summed E-state index contributed by atoms with van der Waals surface area (Å²) in [6.07, 6.45) is -2.81. The van der Waals surface area contributed by atoms with Gasteiger partial charge in [-0.05, 0) is 34.8 Å². The zero-order chi connectivity index (χ0) is 23.3. The largest absolute Gasteiger partial charge is 0.497 e. The maximum absolute atomic E-state index is 11.8. The molecule has 0 spiro atoms. The van der Waals surface area contributed by atoms with Gasteiger partial charge in [0.1, 0.15) is 5.75 Å². The van der Waals surface area contributed by atoms with Crippen molar-refractivity contribution < 1.29 is 26.0 Å². The average molecular weight is 255 g/mol. The molecule has 2 aromatic rings. The summed E-state index contributed by atoms with van der Waals surface area (Å²) in [5, 5.41) is -0.999. The van der Waals surface area contributed by atoms with Crippen molar-refractivity contribution in [2.24, 2.45) is 0 Å². The molecule has 0 aliphatic rings. The van der Waals surface area contributed by atoms with Crippen molar-refractivity contribution in [3.05, 3.63) is 41.8 Å². The number of carbonyl (C=O) groups excluding carboxylic acids is 1. The van der Waals surface area contributed by atoms with E-state index in [0.717, 1.165) is 7.11 Å².